The third-order valence-corrected chi connectivity index (χ3v) is 5.35. The highest BCUT2D eigenvalue weighted by Crippen LogP contribution is 2.24. The van der Waals surface area contributed by atoms with Gasteiger partial charge in [0, 0.05) is 19.1 Å². The van der Waals surface area contributed by atoms with Gasteiger partial charge in [-0.2, -0.15) is 0 Å². The zero-order chi connectivity index (χ0) is 13.5. The third kappa shape index (κ3) is 5.07. The van der Waals surface area contributed by atoms with Gasteiger partial charge in [-0.05, 0) is 50.6 Å². The molecule has 2 fully saturated rings. The molecule has 112 valence electrons. The molecule has 1 aliphatic carbocycles. The molecule has 1 saturated heterocycles. The van der Waals surface area contributed by atoms with Gasteiger partial charge in [0.1, 0.15) is 0 Å². The summed E-state index contributed by atoms with van der Waals surface area (Å²) in [5.74, 6) is 1.91. The predicted octanol–water partition coefficient (Wildman–Crippen LogP) is 3.67. The number of nitrogens with one attached hydrogen (secondary N) is 1. The SMILES string of the molecule is CCCC1CCN(CCNC2CCCCC2C)CC1. The quantitative estimate of drug-likeness (QED) is 0.789. The maximum atomic E-state index is 3.81. The minimum atomic E-state index is 0.798. The first-order chi connectivity index (χ1) is 9.29. The van der Waals surface area contributed by atoms with E-state index in [2.05, 4.69) is 24.1 Å². The van der Waals surface area contributed by atoms with Crippen molar-refractivity contribution in [3.05, 3.63) is 0 Å². The van der Waals surface area contributed by atoms with Crippen LogP contribution in [0.1, 0.15) is 65.2 Å². The smallest absolute Gasteiger partial charge is 0.0107 e. The van der Waals surface area contributed by atoms with Crippen molar-refractivity contribution >= 4 is 0 Å². The van der Waals surface area contributed by atoms with Crippen molar-refractivity contribution in [1.82, 2.24) is 10.2 Å². The molecule has 2 rings (SSSR count). The maximum Gasteiger partial charge on any atom is 0.0107 e. The van der Waals surface area contributed by atoms with Crippen LogP contribution in [0.25, 0.3) is 0 Å². The van der Waals surface area contributed by atoms with Crippen LogP contribution < -0.4 is 5.32 Å². The second kappa shape index (κ2) is 8.26. The Morgan fingerprint density at radius 3 is 2.47 bits per heavy atom. The topological polar surface area (TPSA) is 15.3 Å². The van der Waals surface area contributed by atoms with E-state index in [9.17, 15) is 0 Å². The van der Waals surface area contributed by atoms with Crippen molar-refractivity contribution in [3.8, 4) is 0 Å². The van der Waals surface area contributed by atoms with Gasteiger partial charge >= 0.3 is 0 Å². The van der Waals surface area contributed by atoms with Gasteiger partial charge < -0.3 is 10.2 Å². The zero-order valence-corrected chi connectivity index (χ0v) is 13.2. The summed E-state index contributed by atoms with van der Waals surface area (Å²) < 4.78 is 0. The van der Waals surface area contributed by atoms with Crippen LogP contribution >= 0.6 is 0 Å². The summed E-state index contributed by atoms with van der Waals surface area (Å²) in [6.07, 6.45) is 11.4. The van der Waals surface area contributed by atoms with Gasteiger partial charge in [-0.25, -0.2) is 0 Å². The van der Waals surface area contributed by atoms with Gasteiger partial charge in [0.2, 0.25) is 0 Å². The molecule has 0 aromatic carbocycles. The molecular formula is C17H34N2. The average Bonchev–Trinajstić information content (AvgIpc) is 2.43. The Labute approximate surface area is 120 Å². The Kier molecular flexibility index (Phi) is 6.66. The molecule has 19 heavy (non-hydrogen) atoms. The standard InChI is InChI=1S/C17H34N2/c1-3-6-16-9-12-19(13-10-16)14-11-18-17-8-5-4-7-15(17)2/h15-18H,3-14H2,1-2H3. The summed E-state index contributed by atoms with van der Waals surface area (Å²) in [7, 11) is 0. The van der Waals surface area contributed by atoms with Gasteiger partial charge in [0.05, 0.1) is 0 Å². The molecule has 1 saturated carbocycles. The average molecular weight is 266 g/mol. The Morgan fingerprint density at radius 1 is 1.05 bits per heavy atom. The molecular weight excluding hydrogens is 232 g/mol. The fourth-order valence-corrected chi connectivity index (χ4v) is 3.93. The fraction of sp³-hybridized carbons (Fsp3) is 1.00. The van der Waals surface area contributed by atoms with Crippen molar-refractivity contribution in [2.24, 2.45) is 11.8 Å². The van der Waals surface area contributed by atoms with Gasteiger partial charge in [-0.3, -0.25) is 0 Å². The molecule has 0 radical (unpaired) electrons. The molecule has 2 atom stereocenters. The van der Waals surface area contributed by atoms with Gasteiger partial charge in [-0.1, -0.05) is 39.5 Å². The molecule has 2 aliphatic rings. The van der Waals surface area contributed by atoms with Crippen molar-refractivity contribution in [1.29, 1.82) is 0 Å². The summed E-state index contributed by atoms with van der Waals surface area (Å²) in [4.78, 5) is 2.67. The van der Waals surface area contributed by atoms with E-state index < -0.39 is 0 Å². The predicted molar refractivity (Wildman–Crippen MR) is 83.5 cm³/mol. The highest BCUT2D eigenvalue weighted by Gasteiger charge is 2.21. The molecule has 0 spiro atoms. The van der Waals surface area contributed by atoms with E-state index in [0.717, 1.165) is 17.9 Å². The minimum Gasteiger partial charge on any atom is -0.312 e. The van der Waals surface area contributed by atoms with Crippen LogP contribution in [0.5, 0.6) is 0 Å². The van der Waals surface area contributed by atoms with Crippen LogP contribution in [0.4, 0.5) is 0 Å². The first-order valence-corrected chi connectivity index (χ1v) is 8.75. The van der Waals surface area contributed by atoms with E-state index in [1.54, 1.807) is 0 Å². The molecule has 2 nitrogen and oxygen atoms in total. The van der Waals surface area contributed by atoms with Crippen LogP contribution in [0.3, 0.4) is 0 Å². The van der Waals surface area contributed by atoms with Crippen molar-refractivity contribution in [2.75, 3.05) is 26.2 Å². The van der Waals surface area contributed by atoms with E-state index >= 15 is 0 Å². The molecule has 0 aromatic rings. The van der Waals surface area contributed by atoms with Gasteiger partial charge in [0.15, 0.2) is 0 Å². The Hall–Kier alpha value is -0.0800. The number of likely N-dealkylation sites (tertiary alicyclic amines) is 1. The summed E-state index contributed by atoms with van der Waals surface area (Å²) in [6.45, 7) is 9.89. The minimum absolute atomic E-state index is 0.798. The van der Waals surface area contributed by atoms with Gasteiger partial charge in [0.25, 0.3) is 0 Å². The molecule has 1 N–H and O–H groups in total. The Balaban J connectivity index is 1.56. The second-order valence-corrected chi connectivity index (χ2v) is 6.90. The highest BCUT2D eigenvalue weighted by atomic mass is 15.1. The summed E-state index contributed by atoms with van der Waals surface area (Å²) in [6, 6.07) is 0.798. The summed E-state index contributed by atoms with van der Waals surface area (Å²) >= 11 is 0. The Bertz CT molecular complexity index is 233. The van der Waals surface area contributed by atoms with Crippen molar-refractivity contribution in [2.45, 2.75) is 71.3 Å². The van der Waals surface area contributed by atoms with E-state index in [1.165, 1.54) is 77.5 Å². The molecule has 0 amide bonds. The van der Waals surface area contributed by atoms with Crippen LogP contribution in [-0.4, -0.2) is 37.1 Å². The molecule has 0 aromatic heterocycles. The molecule has 1 heterocycles. The lowest BCUT2D eigenvalue weighted by atomic mass is 9.86. The monoisotopic (exact) mass is 266 g/mol. The number of hydrogen-bond acceptors (Lipinski definition) is 2. The van der Waals surface area contributed by atoms with Crippen molar-refractivity contribution < 1.29 is 0 Å². The first-order valence-electron chi connectivity index (χ1n) is 8.75. The van der Waals surface area contributed by atoms with E-state index in [4.69, 9.17) is 0 Å². The van der Waals surface area contributed by atoms with Gasteiger partial charge in [-0.15, -0.1) is 0 Å². The van der Waals surface area contributed by atoms with Crippen LogP contribution in [0, 0.1) is 11.8 Å². The lowest BCUT2D eigenvalue weighted by Crippen LogP contribution is -2.43. The zero-order valence-electron chi connectivity index (χ0n) is 13.2. The second-order valence-electron chi connectivity index (χ2n) is 6.90. The number of hydrogen-bond donors (Lipinski definition) is 1. The molecule has 0 bridgehead atoms. The van der Waals surface area contributed by atoms with E-state index in [0.29, 0.717) is 0 Å². The van der Waals surface area contributed by atoms with Crippen LogP contribution in [-0.2, 0) is 0 Å². The number of nitrogens with zero attached hydrogens (tertiary/aromatic N) is 1. The normalized spacial score (nSPS) is 30.6. The molecule has 1 aliphatic heterocycles. The van der Waals surface area contributed by atoms with Crippen LogP contribution in [0.2, 0.25) is 0 Å². The van der Waals surface area contributed by atoms with E-state index in [-0.39, 0.29) is 0 Å². The first kappa shape index (κ1) is 15.3. The lowest BCUT2D eigenvalue weighted by molar-refractivity contribution is 0.173. The molecule has 2 heteroatoms. The van der Waals surface area contributed by atoms with E-state index in [1.807, 2.05) is 0 Å². The highest BCUT2D eigenvalue weighted by molar-refractivity contribution is 4.79. The lowest BCUT2D eigenvalue weighted by Gasteiger charge is -2.34. The number of piperidine rings is 1. The largest absolute Gasteiger partial charge is 0.312 e. The van der Waals surface area contributed by atoms with Crippen molar-refractivity contribution in [3.63, 3.8) is 0 Å². The molecule has 2 unspecified atom stereocenters. The van der Waals surface area contributed by atoms with Crippen LogP contribution in [0.15, 0.2) is 0 Å². The summed E-state index contributed by atoms with van der Waals surface area (Å²) in [5.41, 5.74) is 0. The Morgan fingerprint density at radius 2 is 1.79 bits per heavy atom. The fourth-order valence-electron chi connectivity index (χ4n) is 3.93. The number of rotatable bonds is 6. The third-order valence-electron chi connectivity index (χ3n) is 5.35. The summed E-state index contributed by atoms with van der Waals surface area (Å²) in [5, 5.41) is 3.81. The maximum absolute atomic E-state index is 3.81.